The van der Waals surface area contributed by atoms with Crippen LogP contribution < -0.4 is 11.5 Å². The third-order valence-electron chi connectivity index (χ3n) is 1.44. The number of nitrogens with one attached hydrogen (secondary N) is 1. The standard InChI is InChI=1S/C7H11N5S/c1-12(6(8)9)7(10)11-5-3-2-4-13-5/h2-4H,1H3,(H3,8,9)(H2,10,11). The van der Waals surface area contributed by atoms with Crippen LogP contribution in [0.1, 0.15) is 0 Å². The van der Waals surface area contributed by atoms with E-state index in [9.17, 15) is 0 Å². The van der Waals surface area contributed by atoms with Crippen molar-refractivity contribution in [2.45, 2.75) is 0 Å². The molecule has 0 aliphatic carbocycles. The van der Waals surface area contributed by atoms with E-state index in [0.29, 0.717) is 0 Å². The molecule has 1 aromatic heterocycles. The molecule has 0 aliphatic heterocycles. The Kier molecular flexibility index (Phi) is 2.86. The maximum Gasteiger partial charge on any atom is 0.203 e. The Hall–Kier alpha value is -1.56. The van der Waals surface area contributed by atoms with E-state index in [1.807, 2.05) is 17.5 Å². The SMILES string of the molecule is CN(C(=N)N)C(N)=Nc1cccs1. The molecular formula is C7H11N5S. The van der Waals surface area contributed by atoms with Gasteiger partial charge in [-0.05, 0) is 17.5 Å². The molecule has 0 unspecified atom stereocenters. The summed E-state index contributed by atoms with van der Waals surface area (Å²) in [6.07, 6.45) is 0. The summed E-state index contributed by atoms with van der Waals surface area (Å²) in [4.78, 5) is 5.36. The van der Waals surface area contributed by atoms with Crippen LogP contribution in [0.15, 0.2) is 22.5 Å². The number of hydrogen-bond donors (Lipinski definition) is 3. The Labute approximate surface area is 80.2 Å². The largest absolute Gasteiger partial charge is 0.370 e. The minimum absolute atomic E-state index is 0.127. The van der Waals surface area contributed by atoms with Crippen LogP contribution in [0.4, 0.5) is 5.00 Å². The van der Waals surface area contributed by atoms with Crippen LogP contribution >= 0.6 is 11.3 Å². The van der Waals surface area contributed by atoms with Gasteiger partial charge in [-0.1, -0.05) is 0 Å². The molecular weight excluding hydrogens is 186 g/mol. The summed E-state index contributed by atoms with van der Waals surface area (Å²) < 4.78 is 0. The van der Waals surface area contributed by atoms with Gasteiger partial charge in [-0.15, -0.1) is 11.3 Å². The van der Waals surface area contributed by atoms with E-state index in [1.54, 1.807) is 7.05 Å². The van der Waals surface area contributed by atoms with Gasteiger partial charge in [-0.25, -0.2) is 4.99 Å². The van der Waals surface area contributed by atoms with Gasteiger partial charge >= 0.3 is 0 Å². The van der Waals surface area contributed by atoms with Crippen LogP contribution in [-0.4, -0.2) is 23.9 Å². The van der Waals surface area contributed by atoms with E-state index in [-0.39, 0.29) is 11.9 Å². The number of hydrogen-bond acceptors (Lipinski definition) is 3. The Balaban J connectivity index is 2.78. The van der Waals surface area contributed by atoms with Crippen molar-refractivity contribution in [3.05, 3.63) is 17.5 Å². The highest BCUT2D eigenvalue weighted by Crippen LogP contribution is 2.18. The summed E-state index contributed by atoms with van der Waals surface area (Å²) in [7, 11) is 1.59. The van der Waals surface area contributed by atoms with Crippen molar-refractivity contribution in [3.63, 3.8) is 0 Å². The highest BCUT2D eigenvalue weighted by molar-refractivity contribution is 7.13. The van der Waals surface area contributed by atoms with Crippen LogP contribution in [0, 0.1) is 5.41 Å². The Morgan fingerprint density at radius 2 is 2.31 bits per heavy atom. The fraction of sp³-hybridized carbons (Fsp3) is 0.143. The summed E-state index contributed by atoms with van der Waals surface area (Å²) >= 11 is 1.47. The molecule has 13 heavy (non-hydrogen) atoms. The van der Waals surface area contributed by atoms with Crippen molar-refractivity contribution in [2.75, 3.05) is 7.05 Å². The lowest BCUT2D eigenvalue weighted by Gasteiger charge is -2.14. The quantitative estimate of drug-likeness (QED) is 0.452. The molecule has 1 heterocycles. The second kappa shape index (κ2) is 3.90. The smallest absolute Gasteiger partial charge is 0.203 e. The van der Waals surface area contributed by atoms with Crippen LogP contribution in [0.5, 0.6) is 0 Å². The lowest BCUT2D eigenvalue weighted by Crippen LogP contribution is -2.42. The molecule has 6 heteroatoms. The lowest BCUT2D eigenvalue weighted by molar-refractivity contribution is 0.724. The average Bonchev–Trinajstić information content (AvgIpc) is 2.55. The number of thiophene rings is 1. The van der Waals surface area contributed by atoms with Gasteiger partial charge in [0.1, 0.15) is 5.00 Å². The van der Waals surface area contributed by atoms with Gasteiger partial charge in [0.2, 0.25) is 5.96 Å². The van der Waals surface area contributed by atoms with Crippen LogP contribution in [-0.2, 0) is 0 Å². The Bertz CT molecular complexity index is 316. The van der Waals surface area contributed by atoms with Gasteiger partial charge in [0.15, 0.2) is 5.96 Å². The molecule has 0 radical (unpaired) electrons. The van der Waals surface area contributed by atoms with Gasteiger partial charge in [-0.3, -0.25) is 10.3 Å². The predicted molar refractivity (Wildman–Crippen MR) is 55.3 cm³/mol. The Morgan fingerprint density at radius 3 is 2.77 bits per heavy atom. The van der Waals surface area contributed by atoms with Gasteiger partial charge in [0, 0.05) is 7.05 Å². The molecule has 0 amide bonds. The number of guanidine groups is 2. The minimum Gasteiger partial charge on any atom is -0.370 e. The van der Waals surface area contributed by atoms with Crippen molar-refractivity contribution in [1.29, 1.82) is 5.41 Å². The van der Waals surface area contributed by atoms with Gasteiger partial charge < -0.3 is 11.5 Å². The summed E-state index contributed by atoms with van der Waals surface area (Å²) in [5.74, 6) is 0.0905. The van der Waals surface area contributed by atoms with Crippen molar-refractivity contribution < 1.29 is 0 Å². The molecule has 70 valence electrons. The van der Waals surface area contributed by atoms with Gasteiger partial charge in [-0.2, -0.15) is 0 Å². The molecule has 5 N–H and O–H groups in total. The zero-order valence-electron chi connectivity index (χ0n) is 7.19. The van der Waals surface area contributed by atoms with E-state index in [1.165, 1.54) is 16.2 Å². The average molecular weight is 197 g/mol. The molecule has 5 nitrogen and oxygen atoms in total. The first-order valence-corrected chi connectivity index (χ1v) is 4.44. The molecule has 0 saturated heterocycles. The third-order valence-corrected chi connectivity index (χ3v) is 2.20. The second-order valence-corrected chi connectivity index (χ2v) is 3.29. The summed E-state index contributed by atoms with van der Waals surface area (Å²) in [5, 5.41) is 9.81. The monoisotopic (exact) mass is 197 g/mol. The van der Waals surface area contributed by atoms with E-state index in [4.69, 9.17) is 16.9 Å². The van der Waals surface area contributed by atoms with Crippen molar-refractivity contribution >= 4 is 28.3 Å². The molecule has 1 rings (SSSR count). The summed E-state index contributed by atoms with van der Waals surface area (Å²) in [6.45, 7) is 0. The fourth-order valence-corrected chi connectivity index (χ4v) is 1.24. The lowest BCUT2D eigenvalue weighted by atomic mass is 10.6. The van der Waals surface area contributed by atoms with Crippen molar-refractivity contribution in [1.82, 2.24) is 4.90 Å². The summed E-state index contributed by atoms with van der Waals surface area (Å²) in [6, 6.07) is 3.72. The van der Waals surface area contributed by atoms with E-state index >= 15 is 0 Å². The molecule has 1 aromatic rings. The molecule has 0 atom stereocenters. The number of nitrogens with zero attached hydrogens (tertiary/aromatic N) is 2. The molecule has 0 saturated carbocycles. The van der Waals surface area contributed by atoms with Crippen molar-refractivity contribution in [3.8, 4) is 0 Å². The maximum absolute atomic E-state index is 7.11. The number of nitrogens with two attached hydrogens (primary N) is 2. The molecule has 0 fully saturated rings. The maximum atomic E-state index is 7.11. The molecule has 0 bridgehead atoms. The zero-order chi connectivity index (χ0) is 9.84. The Morgan fingerprint density at radius 1 is 1.62 bits per heavy atom. The summed E-state index contributed by atoms with van der Waals surface area (Å²) in [5.41, 5.74) is 10.8. The van der Waals surface area contributed by atoms with Crippen LogP contribution in [0.2, 0.25) is 0 Å². The van der Waals surface area contributed by atoms with Gasteiger partial charge in [0.25, 0.3) is 0 Å². The first-order chi connectivity index (χ1) is 6.11. The third kappa shape index (κ3) is 2.45. The van der Waals surface area contributed by atoms with E-state index in [0.717, 1.165) is 5.00 Å². The van der Waals surface area contributed by atoms with Crippen molar-refractivity contribution in [2.24, 2.45) is 16.5 Å². The highest BCUT2D eigenvalue weighted by Gasteiger charge is 2.03. The first-order valence-electron chi connectivity index (χ1n) is 3.56. The first kappa shape index (κ1) is 9.53. The van der Waals surface area contributed by atoms with E-state index in [2.05, 4.69) is 4.99 Å². The van der Waals surface area contributed by atoms with E-state index < -0.39 is 0 Å². The highest BCUT2D eigenvalue weighted by atomic mass is 32.1. The van der Waals surface area contributed by atoms with Crippen LogP contribution in [0.3, 0.4) is 0 Å². The molecule has 0 spiro atoms. The normalized spacial score (nSPS) is 11.3. The zero-order valence-corrected chi connectivity index (χ0v) is 8.01. The molecule has 0 aliphatic rings. The fourth-order valence-electron chi connectivity index (χ4n) is 0.645. The van der Waals surface area contributed by atoms with Gasteiger partial charge in [0.05, 0.1) is 0 Å². The topological polar surface area (TPSA) is 91.5 Å². The minimum atomic E-state index is -0.127. The second-order valence-electron chi connectivity index (χ2n) is 2.37. The molecule has 0 aromatic carbocycles. The number of aliphatic imine (C=N–C) groups is 1. The number of rotatable bonds is 1. The van der Waals surface area contributed by atoms with Crippen LogP contribution in [0.25, 0.3) is 0 Å². The predicted octanol–water partition coefficient (Wildman–Crippen LogP) is 0.520.